The molecular formula is C15H24N2O. The summed E-state index contributed by atoms with van der Waals surface area (Å²) in [6, 6.07) is 5.90. The van der Waals surface area contributed by atoms with Crippen molar-refractivity contribution < 1.29 is 4.74 Å². The Balaban J connectivity index is 2.06. The van der Waals surface area contributed by atoms with E-state index in [1.807, 2.05) is 18.2 Å². The van der Waals surface area contributed by atoms with Crippen molar-refractivity contribution in [2.45, 2.75) is 32.7 Å². The number of benzene rings is 1. The standard InChI is InChI=1S/C15H24N2O/c1-3-12-5-4-8-17(10-12)11-13-9-14(16)6-7-15(13)18-2/h6-7,9,12H,3-5,8,10-11,16H2,1-2H3. The van der Waals surface area contributed by atoms with Gasteiger partial charge in [-0.15, -0.1) is 0 Å². The molecule has 0 amide bonds. The van der Waals surface area contributed by atoms with Gasteiger partial charge in [-0.05, 0) is 43.5 Å². The third-order valence-electron chi connectivity index (χ3n) is 3.88. The van der Waals surface area contributed by atoms with E-state index < -0.39 is 0 Å². The summed E-state index contributed by atoms with van der Waals surface area (Å²) in [6.45, 7) is 5.63. The summed E-state index contributed by atoms with van der Waals surface area (Å²) in [5.41, 5.74) is 7.88. The Morgan fingerprint density at radius 3 is 3.00 bits per heavy atom. The number of nitrogen functional groups attached to an aromatic ring is 1. The number of rotatable bonds is 4. The fraction of sp³-hybridized carbons (Fsp3) is 0.600. The molecule has 1 fully saturated rings. The van der Waals surface area contributed by atoms with Gasteiger partial charge in [-0.2, -0.15) is 0 Å². The zero-order valence-electron chi connectivity index (χ0n) is 11.5. The second-order valence-electron chi connectivity index (χ2n) is 5.22. The van der Waals surface area contributed by atoms with E-state index in [0.29, 0.717) is 0 Å². The van der Waals surface area contributed by atoms with Crippen molar-refractivity contribution in [2.24, 2.45) is 5.92 Å². The van der Waals surface area contributed by atoms with Gasteiger partial charge >= 0.3 is 0 Å². The van der Waals surface area contributed by atoms with Crippen LogP contribution in [0.15, 0.2) is 18.2 Å². The molecule has 0 spiro atoms. The Hall–Kier alpha value is -1.22. The van der Waals surface area contributed by atoms with Crippen LogP contribution < -0.4 is 10.5 Å². The van der Waals surface area contributed by atoms with Crippen LogP contribution in [0.4, 0.5) is 5.69 Å². The first kappa shape index (κ1) is 13.2. The molecular weight excluding hydrogens is 224 g/mol. The molecule has 2 rings (SSSR count). The summed E-state index contributed by atoms with van der Waals surface area (Å²) in [7, 11) is 1.72. The Bertz CT molecular complexity index is 392. The number of nitrogens with two attached hydrogens (primary N) is 1. The highest BCUT2D eigenvalue weighted by Crippen LogP contribution is 2.26. The lowest BCUT2D eigenvalue weighted by Gasteiger charge is -2.32. The normalized spacial score (nSPS) is 20.9. The van der Waals surface area contributed by atoms with Crippen LogP contribution in [0.2, 0.25) is 0 Å². The van der Waals surface area contributed by atoms with E-state index in [-0.39, 0.29) is 0 Å². The van der Waals surface area contributed by atoms with Gasteiger partial charge in [0.25, 0.3) is 0 Å². The van der Waals surface area contributed by atoms with Crippen LogP contribution in [0.3, 0.4) is 0 Å². The Kier molecular flexibility index (Phi) is 4.48. The smallest absolute Gasteiger partial charge is 0.123 e. The summed E-state index contributed by atoms with van der Waals surface area (Å²) in [4.78, 5) is 2.52. The zero-order valence-corrected chi connectivity index (χ0v) is 11.5. The number of piperidine rings is 1. The van der Waals surface area contributed by atoms with Crippen LogP contribution in [-0.2, 0) is 6.54 Å². The molecule has 100 valence electrons. The van der Waals surface area contributed by atoms with Gasteiger partial charge in [0.15, 0.2) is 0 Å². The number of likely N-dealkylation sites (tertiary alicyclic amines) is 1. The van der Waals surface area contributed by atoms with Crippen LogP contribution in [0.25, 0.3) is 0 Å². The van der Waals surface area contributed by atoms with E-state index in [1.54, 1.807) is 7.11 Å². The molecule has 3 nitrogen and oxygen atoms in total. The first-order valence-corrected chi connectivity index (χ1v) is 6.87. The topological polar surface area (TPSA) is 38.5 Å². The van der Waals surface area contributed by atoms with Gasteiger partial charge in [0.2, 0.25) is 0 Å². The molecule has 0 bridgehead atoms. The molecule has 1 heterocycles. The van der Waals surface area contributed by atoms with Gasteiger partial charge in [0, 0.05) is 24.3 Å². The summed E-state index contributed by atoms with van der Waals surface area (Å²) >= 11 is 0. The Labute approximate surface area is 110 Å². The second kappa shape index (κ2) is 6.10. The number of anilines is 1. The van der Waals surface area contributed by atoms with Crippen molar-refractivity contribution in [3.05, 3.63) is 23.8 Å². The first-order chi connectivity index (χ1) is 8.72. The van der Waals surface area contributed by atoms with Crippen molar-refractivity contribution in [3.63, 3.8) is 0 Å². The molecule has 1 unspecified atom stereocenters. The van der Waals surface area contributed by atoms with Gasteiger partial charge in [-0.25, -0.2) is 0 Å². The maximum Gasteiger partial charge on any atom is 0.123 e. The SMILES string of the molecule is CCC1CCCN(Cc2cc(N)ccc2OC)C1. The highest BCUT2D eigenvalue weighted by molar-refractivity contribution is 5.47. The number of hydrogen-bond acceptors (Lipinski definition) is 3. The number of hydrogen-bond donors (Lipinski definition) is 1. The lowest BCUT2D eigenvalue weighted by atomic mass is 9.95. The monoisotopic (exact) mass is 248 g/mol. The predicted octanol–water partition coefficient (Wildman–Crippen LogP) is 2.90. The largest absolute Gasteiger partial charge is 0.496 e. The van der Waals surface area contributed by atoms with Crippen LogP contribution >= 0.6 is 0 Å². The van der Waals surface area contributed by atoms with E-state index in [4.69, 9.17) is 10.5 Å². The van der Waals surface area contributed by atoms with E-state index >= 15 is 0 Å². The van der Waals surface area contributed by atoms with Gasteiger partial charge < -0.3 is 10.5 Å². The molecule has 1 aromatic rings. The summed E-state index contributed by atoms with van der Waals surface area (Å²) in [5.74, 6) is 1.80. The molecule has 1 aliphatic heterocycles. The van der Waals surface area contributed by atoms with Crippen molar-refractivity contribution in [1.82, 2.24) is 4.90 Å². The molecule has 18 heavy (non-hydrogen) atoms. The lowest BCUT2D eigenvalue weighted by Crippen LogP contribution is -2.34. The quantitative estimate of drug-likeness (QED) is 0.833. The Morgan fingerprint density at radius 2 is 2.28 bits per heavy atom. The molecule has 0 saturated carbocycles. The van der Waals surface area contributed by atoms with Crippen LogP contribution in [0.5, 0.6) is 5.75 Å². The Morgan fingerprint density at radius 1 is 1.44 bits per heavy atom. The fourth-order valence-electron chi connectivity index (χ4n) is 2.79. The van der Waals surface area contributed by atoms with E-state index in [2.05, 4.69) is 11.8 Å². The van der Waals surface area contributed by atoms with Gasteiger partial charge in [0.1, 0.15) is 5.75 Å². The summed E-state index contributed by atoms with van der Waals surface area (Å²) in [6.07, 6.45) is 3.97. The average Bonchev–Trinajstić information content (AvgIpc) is 2.39. The number of ether oxygens (including phenoxy) is 1. The van der Waals surface area contributed by atoms with Gasteiger partial charge in [0.05, 0.1) is 7.11 Å². The second-order valence-corrected chi connectivity index (χ2v) is 5.22. The van der Waals surface area contributed by atoms with Crippen LogP contribution in [-0.4, -0.2) is 25.1 Å². The van der Waals surface area contributed by atoms with Crippen LogP contribution in [0.1, 0.15) is 31.7 Å². The van der Waals surface area contributed by atoms with Crippen molar-refractivity contribution in [2.75, 3.05) is 25.9 Å². The van der Waals surface area contributed by atoms with E-state index in [0.717, 1.165) is 23.9 Å². The molecule has 1 atom stereocenters. The minimum atomic E-state index is 0.815. The van der Waals surface area contributed by atoms with Crippen LogP contribution in [0, 0.1) is 5.92 Å². The van der Waals surface area contributed by atoms with E-state index in [1.165, 1.54) is 37.9 Å². The van der Waals surface area contributed by atoms with Crippen molar-refractivity contribution in [3.8, 4) is 5.75 Å². The third kappa shape index (κ3) is 3.16. The predicted molar refractivity (Wildman–Crippen MR) is 75.7 cm³/mol. The minimum absolute atomic E-state index is 0.815. The maximum absolute atomic E-state index is 5.87. The van der Waals surface area contributed by atoms with E-state index in [9.17, 15) is 0 Å². The highest BCUT2D eigenvalue weighted by Gasteiger charge is 2.19. The minimum Gasteiger partial charge on any atom is -0.496 e. The third-order valence-corrected chi connectivity index (χ3v) is 3.88. The van der Waals surface area contributed by atoms with Gasteiger partial charge in [-0.3, -0.25) is 4.90 Å². The summed E-state index contributed by atoms with van der Waals surface area (Å²) < 4.78 is 5.41. The first-order valence-electron chi connectivity index (χ1n) is 6.87. The van der Waals surface area contributed by atoms with Crippen molar-refractivity contribution in [1.29, 1.82) is 0 Å². The number of nitrogens with zero attached hydrogens (tertiary/aromatic N) is 1. The number of methoxy groups -OCH3 is 1. The molecule has 1 saturated heterocycles. The zero-order chi connectivity index (χ0) is 13.0. The average molecular weight is 248 g/mol. The molecule has 1 aromatic carbocycles. The lowest BCUT2D eigenvalue weighted by molar-refractivity contribution is 0.163. The summed E-state index contributed by atoms with van der Waals surface area (Å²) in [5, 5.41) is 0. The molecule has 0 aromatic heterocycles. The fourth-order valence-corrected chi connectivity index (χ4v) is 2.79. The molecule has 1 aliphatic rings. The van der Waals surface area contributed by atoms with Gasteiger partial charge in [-0.1, -0.05) is 13.3 Å². The molecule has 3 heteroatoms. The molecule has 2 N–H and O–H groups in total. The molecule has 0 radical (unpaired) electrons. The highest BCUT2D eigenvalue weighted by atomic mass is 16.5. The van der Waals surface area contributed by atoms with Crippen molar-refractivity contribution >= 4 is 5.69 Å². The molecule has 0 aliphatic carbocycles. The maximum atomic E-state index is 5.87.